The first kappa shape index (κ1) is 25.2. The molecule has 0 bridgehead atoms. The van der Waals surface area contributed by atoms with Crippen molar-refractivity contribution in [3.05, 3.63) is 59.4 Å². The Balaban J connectivity index is 1.43. The third-order valence-electron chi connectivity index (χ3n) is 6.74. The second-order valence-corrected chi connectivity index (χ2v) is 11.5. The number of hydrogen-bond acceptors (Lipinski definition) is 5. The highest BCUT2D eigenvalue weighted by atomic mass is 16.6. The molecule has 0 spiro atoms. The summed E-state index contributed by atoms with van der Waals surface area (Å²) in [5.41, 5.74) is 3.59. The minimum absolute atomic E-state index is 0.0182. The highest BCUT2D eigenvalue weighted by Gasteiger charge is 2.39. The van der Waals surface area contributed by atoms with E-state index in [4.69, 9.17) is 9.72 Å². The summed E-state index contributed by atoms with van der Waals surface area (Å²) in [6.45, 7) is 14.8. The van der Waals surface area contributed by atoms with Crippen LogP contribution in [0.2, 0.25) is 0 Å². The lowest BCUT2D eigenvalue weighted by Gasteiger charge is -2.40. The van der Waals surface area contributed by atoms with E-state index in [9.17, 15) is 9.59 Å². The van der Waals surface area contributed by atoms with E-state index >= 15 is 0 Å². The number of amides is 2. The fourth-order valence-electron chi connectivity index (χ4n) is 4.97. The molecule has 0 radical (unpaired) electrons. The Kier molecular flexibility index (Phi) is 6.91. The number of hydrogen-bond donors (Lipinski definition) is 0. The standard InChI is InChI=1S/C28H38N4O3/c1-20-17-30(12-13-31(20)26(34)35-27(2,3)4)18-25(33)32-19-28(5,6)23-16-29-22(15-24(23)32)14-21-10-8-7-9-11-21/h7-11,15-16,20H,12-14,17-19H2,1-6H3. The lowest BCUT2D eigenvalue weighted by Crippen LogP contribution is -2.56. The largest absolute Gasteiger partial charge is 0.444 e. The van der Waals surface area contributed by atoms with Crippen LogP contribution in [-0.2, 0) is 21.4 Å². The second kappa shape index (κ2) is 9.61. The predicted octanol–water partition coefficient (Wildman–Crippen LogP) is 4.24. The summed E-state index contributed by atoms with van der Waals surface area (Å²) < 4.78 is 5.55. The number of rotatable bonds is 4. The van der Waals surface area contributed by atoms with Crippen LogP contribution in [0.4, 0.5) is 10.5 Å². The normalized spacial score (nSPS) is 20.0. The van der Waals surface area contributed by atoms with Crippen LogP contribution in [0.15, 0.2) is 42.6 Å². The van der Waals surface area contributed by atoms with E-state index in [2.05, 4.69) is 36.9 Å². The van der Waals surface area contributed by atoms with Gasteiger partial charge in [0.25, 0.3) is 0 Å². The van der Waals surface area contributed by atoms with Gasteiger partial charge < -0.3 is 14.5 Å². The monoisotopic (exact) mass is 478 g/mol. The zero-order valence-electron chi connectivity index (χ0n) is 21.9. The van der Waals surface area contributed by atoms with Crippen LogP contribution in [0, 0.1) is 0 Å². The van der Waals surface area contributed by atoms with Crippen molar-refractivity contribution in [2.45, 2.75) is 65.0 Å². The molecule has 188 valence electrons. The second-order valence-electron chi connectivity index (χ2n) is 11.5. The van der Waals surface area contributed by atoms with Gasteiger partial charge in [-0.15, -0.1) is 0 Å². The molecule has 1 aromatic carbocycles. The van der Waals surface area contributed by atoms with Crippen LogP contribution in [0.25, 0.3) is 0 Å². The van der Waals surface area contributed by atoms with Crippen LogP contribution < -0.4 is 4.90 Å². The van der Waals surface area contributed by atoms with E-state index in [1.165, 1.54) is 5.56 Å². The summed E-state index contributed by atoms with van der Waals surface area (Å²) in [4.78, 5) is 36.6. The number of carbonyl (C=O) groups is 2. The van der Waals surface area contributed by atoms with Crippen LogP contribution in [0.1, 0.15) is 58.4 Å². The predicted molar refractivity (Wildman–Crippen MR) is 138 cm³/mol. The van der Waals surface area contributed by atoms with Crippen molar-refractivity contribution >= 4 is 17.7 Å². The van der Waals surface area contributed by atoms with Gasteiger partial charge >= 0.3 is 6.09 Å². The molecule has 1 atom stereocenters. The number of pyridine rings is 1. The average molecular weight is 479 g/mol. The van der Waals surface area contributed by atoms with Crippen molar-refractivity contribution in [2.24, 2.45) is 0 Å². The van der Waals surface area contributed by atoms with Gasteiger partial charge in [0.15, 0.2) is 0 Å². The molecular weight excluding hydrogens is 440 g/mol. The van der Waals surface area contributed by atoms with Gasteiger partial charge in [-0.05, 0) is 39.3 Å². The Morgan fingerprint density at radius 1 is 1.14 bits per heavy atom. The summed E-state index contributed by atoms with van der Waals surface area (Å²) in [6, 6.07) is 12.3. The molecule has 35 heavy (non-hydrogen) atoms. The number of anilines is 1. The Morgan fingerprint density at radius 2 is 1.86 bits per heavy atom. The van der Waals surface area contributed by atoms with Crippen molar-refractivity contribution in [3.63, 3.8) is 0 Å². The number of piperazine rings is 1. The molecule has 1 fully saturated rings. The summed E-state index contributed by atoms with van der Waals surface area (Å²) >= 11 is 0. The molecule has 2 amide bonds. The number of fused-ring (bicyclic) bond motifs is 1. The maximum atomic E-state index is 13.5. The topological polar surface area (TPSA) is 66.0 Å². The van der Waals surface area contributed by atoms with E-state index in [1.54, 1.807) is 4.90 Å². The van der Waals surface area contributed by atoms with Gasteiger partial charge in [-0.25, -0.2) is 4.79 Å². The lowest BCUT2D eigenvalue weighted by molar-refractivity contribution is -0.120. The van der Waals surface area contributed by atoms with E-state index in [0.29, 0.717) is 32.7 Å². The Labute approximate surface area is 209 Å². The third kappa shape index (κ3) is 5.84. The summed E-state index contributed by atoms with van der Waals surface area (Å²) in [5, 5.41) is 0. The van der Waals surface area contributed by atoms with Crippen LogP contribution in [0.5, 0.6) is 0 Å². The number of nitrogens with zero attached hydrogens (tertiary/aromatic N) is 4. The van der Waals surface area contributed by atoms with Gasteiger partial charge in [-0.3, -0.25) is 14.7 Å². The molecule has 0 N–H and O–H groups in total. The van der Waals surface area contributed by atoms with E-state index < -0.39 is 5.60 Å². The molecule has 1 saturated heterocycles. The molecule has 2 aliphatic rings. The van der Waals surface area contributed by atoms with Gasteiger partial charge in [0.2, 0.25) is 5.91 Å². The lowest BCUT2D eigenvalue weighted by atomic mass is 9.88. The molecule has 1 aromatic heterocycles. The SMILES string of the molecule is CC1CN(CC(=O)N2CC(C)(C)c3cnc(Cc4ccccc4)cc32)CCN1C(=O)OC(C)(C)C. The maximum Gasteiger partial charge on any atom is 0.410 e. The highest BCUT2D eigenvalue weighted by molar-refractivity contribution is 5.97. The third-order valence-corrected chi connectivity index (χ3v) is 6.74. The van der Waals surface area contributed by atoms with E-state index in [0.717, 1.165) is 23.4 Å². The first-order valence-electron chi connectivity index (χ1n) is 12.5. The number of aromatic nitrogens is 1. The molecule has 4 rings (SSSR count). The minimum atomic E-state index is -0.520. The van der Waals surface area contributed by atoms with Crippen LogP contribution in [0.3, 0.4) is 0 Å². The smallest absolute Gasteiger partial charge is 0.410 e. The fraction of sp³-hybridized carbons (Fsp3) is 0.536. The fourth-order valence-corrected chi connectivity index (χ4v) is 4.97. The van der Waals surface area contributed by atoms with Crippen LogP contribution in [-0.4, -0.2) is 71.2 Å². The van der Waals surface area contributed by atoms with Gasteiger partial charge in [0, 0.05) is 61.5 Å². The number of benzene rings is 1. The first-order valence-corrected chi connectivity index (χ1v) is 12.5. The number of ether oxygens (including phenoxy) is 1. The zero-order chi connectivity index (χ0) is 25.4. The van der Waals surface area contributed by atoms with Crippen molar-refractivity contribution < 1.29 is 14.3 Å². The quantitative estimate of drug-likeness (QED) is 0.658. The molecule has 3 heterocycles. The van der Waals surface area contributed by atoms with Crippen molar-refractivity contribution in [1.82, 2.24) is 14.8 Å². The highest BCUT2D eigenvalue weighted by Crippen LogP contribution is 2.40. The Morgan fingerprint density at radius 3 is 2.51 bits per heavy atom. The molecule has 1 unspecified atom stereocenters. The van der Waals surface area contributed by atoms with Gasteiger partial charge in [-0.2, -0.15) is 0 Å². The van der Waals surface area contributed by atoms with Crippen molar-refractivity contribution in [2.75, 3.05) is 37.6 Å². The minimum Gasteiger partial charge on any atom is -0.444 e. The molecule has 0 aliphatic carbocycles. The number of carbonyl (C=O) groups excluding carboxylic acids is 2. The Hall–Kier alpha value is -2.93. The zero-order valence-corrected chi connectivity index (χ0v) is 21.9. The van der Waals surface area contributed by atoms with Gasteiger partial charge in [0.1, 0.15) is 5.60 Å². The summed E-state index contributed by atoms with van der Waals surface area (Å²) in [7, 11) is 0. The van der Waals surface area contributed by atoms with E-state index in [-0.39, 0.29) is 23.5 Å². The van der Waals surface area contributed by atoms with Gasteiger partial charge in [-0.1, -0.05) is 44.2 Å². The van der Waals surface area contributed by atoms with Crippen LogP contribution >= 0.6 is 0 Å². The molecule has 7 heteroatoms. The molecule has 2 aliphatic heterocycles. The average Bonchev–Trinajstić information content (AvgIpc) is 3.03. The maximum absolute atomic E-state index is 13.5. The summed E-state index contributed by atoms with van der Waals surface area (Å²) in [5.74, 6) is 0.0894. The molecule has 2 aromatic rings. The molecule has 0 saturated carbocycles. The molecular formula is C28H38N4O3. The first-order chi connectivity index (χ1) is 16.4. The van der Waals surface area contributed by atoms with Gasteiger partial charge in [0.05, 0.1) is 12.2 Å². The Bertz CT molecular complexity index is 1080. The van der Waals surface area contributed by atoms with E-state index in [1.807, 2.05) is 57.0 Å². The molecule has 7 nitrogen and oxygen atoms in total. The van der Waals surface area contributed by atoms with Crippen molar-refractivity contribution in [3.8, 4) is 0 Å². The summed E-state index contributed by atoms with van der Waals surface area (Å²) in [6.07, 6.45) is 2.40. The van der Waals surface area contributed by atoms with Crippen molar-refractivity contribution in [1.29, 1.82) is 0 Å².